The summed E-state index contributed by atoms with van der Waals surface area (Å²) >= 11 is 0. The highest BCUT2D eigenvalue weighted by atomic mass is 16.5. The summed E-state index contributed by atoms with van der Waals surface area (Å²) in [7, 11) is 1.65. The second-order valence-corrected chi connectivity index (χ2v) is 5.04. The first kappa shape index (κ1) is 16.6. The van der Waals surface area contributed by atoms with Gasteiger partial charge in [-0.15, -0.1) is 5.10 Å². The number of methoxy groups -OCH3 is 1. The maximum Gasteiger partial charge on any atom is 0.244 e. The lowest BCUT2D eigenvalue weighted by molar-refractivity contribution is -0.124. The van der Waals surface area contributed by atoms with Gasteiger partial charge in [0.2, 0.25) is 5.91 Å². The van der Waals surface area contributed by atoms with Crippen molar-refractivity contribution < 1.29 is 9.53 Å². The maximum absolute atomic E-state index is 11.9. The molecule has 0 saturated carbocycles. The van der Waals surface area contributed by atoms with E-state index in [4.69, 9.17) is 4.74 Å². The average Bonchev–Trinajstić information content (AvgIpc) is 2.89. The predicted molar refractivity (Wildman–Crippen MR) is 76.2 cm³/mol. The van der Waals surface area contributed by atoms with Gasteiger partial charge in [-0.25, -0.2) is 4.68 Å². The van der Waals surface area contributed by atoms with Gasteiger partial charge in [0.25, 0.3) is 0 Å². The van der Waals surface area contributed by atoms with E-state index in [1.165, 1.54) is 0 Å². The molecule has 0 aromatic carbocycles. The van der Waals surface area contributed by atoms with Crippen LogP contribution in [0.5, 0.6) is 0 Å². The highest BCUT2D eigenvalue weighted by Gasteiger charge is 2.16. The van der Waals surface area contributed by atoms with Gasteiger partial charge in [-0.3, -0.25) is 4.79 Å². The maximum atomic E-state index is 11.9. The summed E-state index contributed by atoms with van der Waals surface area (Å²) in [6.45, 7) is 7.84. The molecule has 7 nitrogen and oxygen atoms in total. The molecule has 1 atom stereocenters. The molecule has 0 bridgehead atoms. The number of carbonyl (C=O) groups is 1. The fourth-order valence-electron chi connectivity index (χ4n) is 1.59. The lowest BCUT2D eigenvalue weighted by Gasteiger charge is -2.11. The Morgan fingerprint density at radius 3 is 2.85 bits per heavy atom. The molecule has 1 heterocycles. The Bertz CT molecular complexity index is 405. The van der Waals surface area contributed by atoms with E-state index in [0.29, 0.717) is 25.7 Å². The van der Waals surface area contributed by atoms with Crippen molar-refractivity contribution in [3.8, 4) is 0 Å². The van der Waals surface area contributed by atoms with Crippen LogP contribution in [0.3, 0.4) is 0 Å². The molecule has 0 saturated heterocycles. The molecule has 1 aromatic rings. The topological polar surface area (TPSA) is 81.1 Å². The number of amides is 1. The summed E-state index contributed by atoms with van der Waals surface area (Å²) < 4.78 is 6.52. The van der Waals surface area contributed by atoms with Gasteiger partial charge in [0.05, 0.1) is 11.9 Å². The van der Waals surface area contributed by atoms with E-state index in [2.05, 4.69) is 34.8 Å². The quantitative estimate of drug-likeness (QED) is 0.645. The van der Waals surface area contributed by atoms with E-state index >= 15 is 0 Å². The zero-order valence-corrected chi connectivity index (χ0v) is 12.7. The molecule has 2 N–H and O–H groups in total. The molecular formula is C13H25N5O2. The first-order valence-corrected chi connectivity index (χ1v) is 6.95. The van der Waals surface area contributed by atoms with Crippen LogP contribution in [0.15, 0.2) is 6.20 Å². The van der Waals surface area contributed by atoms with Crippen molar-refractivity contribution in [3.05, 3.63) is 11.9 Å². The number of hydrogen-bond donors (Lipinski definition) is 2. The Labute approximate surface area is 120 Å². The molecule has 0 fully saturated rings. The van der Waals surface area contributed by atoms with Crippen LogP contribution < -0.4 is 10.6 Å². The number of rotatable bonds is 9. The first-order chi connectivity index (χ1) is 9.54. The van der Waals surface area contributed by atoms with Crippen molar-refractivity contribution in [1.29, 1.82) is 0 Å². The van der Waals surface area contributed by atoms with Crippen LogP contribution in [-0.4, -0.2) is 47.2 Å². The lowest BCUT2D eigenvalue weighted by Crippen LogP contribution is -2.32. The summed E-state index contributed by atoms with van der Waals surface area (Å²) in [5.74, 6) is -0.0608. The summed E-state index contributed by atoms with van der Waals surface area (Å²) in [4.78, 5) is 11.9. The summed E-state index contributed by atoms with van der Waals surface area (Å²) in [6.07, 6.45) is 2.60. The molecule has 1 aromatic heterocycles. The Balaban J connectivity index is 2.42. The lowest BCUT2D eigenvalue weighted by atomic mass is 10.3. The van der Waals surface area contributed by atoms with Gasteiger partial charge in [0.15, 0.2) is 0 Å². The SMILES string of the molecule is COCCCNC(=O)C(C)n1cc(CNC(C)C)nn1. The Morgan fingerprint density at radius 2 is 2.20 bits per heavy atom. The molecule has 7 heteroatoms. The van der Waals surface area contributed by atoms with Crippen molar-refractivity contribution in [3.63, 3.8) is 0 Å². The molecule has 114 valence electrons. The molecule has 1 rings (SSSR count). The van der Waals surface area contributed by atoms with Gasteiger partial charge in [0.1, 0.15) is 6.04 Å². The van der Waals surface area contributed by atoms with E-state index in [1.807, 2.05) is 0 Å². The third-order valence-corrected chi connectivity index (χ3v) is 2.85. The highest BCUT2D eigenvalue weighted by Crippen LogP contribution is 2.05. The fourth-order valence-corrected chi connectivity index (χ4v) is 1.59. The normalized spacial score (nSPS) is 12.7. The third kappa shape index (κ3) is 5.66. The predicted octanol–water partition coefficient (Wildman–Crippen LogP) is 0.490. The number of carbonyl (C=O) groups excluding carboxylic acids is 1. The van der Waals surface area contributed by atoms with Crippen LogP contribution >= 0.6 is 0 Å². The van der Waals surface area contributed by atoms with Crippen LogP contribution in [0.2, 0.25) is 0 Å². The van der Waals surface area contributed by atoms with E-state index in [-0.39, 0.29) is 11.9 Å². The van der Waals surface area contributed by atoms with Crippen LogP contribution in [0.4, 0.5) is 0 Å². The first-order valence-electron chi connectivity index (χ1n) is 6.95. The average molecular weight is 283 g/mol. The van der Waals surface area contributed by atoms with Gasteiger partial charge >= 0.3 is 0 Å². The summed E-state index contributed by atoms with van der Waals surface area (Å²) in [6, 6.07) is 0.0273. The molecule has 0 aliphatic heterocycles. The molecule has 0 aliphatic carbocycles. The Morgan fingerprint density at radius 1 is 1.45 bits per heavy atom. The molecule has 1 unspecified atom stereocenters. The standard InChI is InChI=1S/C13H25N5O2/c1-10(2)15-8-12-9-18(17-16-12)11(3)13(19)14-6-5-7-20-4/h9-11,15H,5-8H2,1-4H3,(H,14,19). The van der Waals surface area contributed by atoms with E-state index in [1.54, 1.807) is 24.9 Å². The molecule has 0 radical (unpaired) electrons. The van der Waals surface area contributed by atoms with Crippen LogP contribution in [0.25, 0.3) is 0 Å². The molecule has 0 spiro atoms. The van der Waals surface area contributed by atoms with Crippen molar-refractivity contribution in [2.24, 2.45) is 0 Å². The minimum atomic E-state index is -0.363. The second-order valence-electron chi connectivity index (χ2n) is 5.04. The Kier molecular flexibility index (Phi) is 7.17. The minimum Gasteiger partial charge on any atom is -0.385 e. The zero-order chi connectivity index (χ0) is 15.0. The molecular weight excluding hydrogens is 258 g/mol. The number of nitrogens with one attached hydrogen (secondary N) is 2. The van der Waals surface area contributed by atoms with Gasteiger partial charge < -0.3 is 15.4 Å². The van der Waals surface area contributed by atoms with E-state index in [9.17, 15) is 4.79 Å². The van der Waals surface area contributed by atoms with E-state index in [0.717, 1.165) is 12.1 Å². The third-order valence-electron chi connectivity index (χ3n) is 2.85. The van der Waals surface area contributed by atoms with Gasteiger partial charge in [0, 0.05) is 32.8 Å². The van der Waals surface area contributed by atoms with Crippen LogP contribution in [-0.2, 0) is 16.1 Å². The van der Waals surface area contributed by atoms with Crippen LogP contribution in [0, 0.1) is 0 Å². The second kappa shape index (κ2) is 8.65. The largest absolute Gasteiger partial charge is 0.385 e. The number of nitrogens with zero attached hydrogens (tertiary/aromatic N) is 3. The smallest absolute Gasteiger partial charge is 0.244 e. The summed E-state index contributed by atoms with van der Waals surface area (Å²) in [5, 5.41) is 14.2. The van der Waals surface area contributed by atoms with Crippen molar-refractivity contribution in [1.82, 2.24) is 25.6 Å². The van der Waals surface area contributed by atoms with Crippen molar-refractivity contribution in [2.75, 3.05) is 20.3 Å². The molecule has 1 amide bonds. The molecule has 20 heavy (non-hydrogen) atoms. The number of aromatic nitrogens is 3. The minimum absolute atomic E-state index is 0.0608. The zero-order valence-electron chi connectivity index (χ0n) is 12.7. The van der Waals surface area contributed by atoms with Gasteiger partial charge in [-0.2, -0.15) is 0 Å². The van der Waals surface area contributed by atoms with Crippen molar-refractivity contribution in [2.45, 2.75) is 45.8 Å². The summed E-state index contributed by atoms with van der Waals surface area (Å²) in [5.41, 5.74) is 0.831. The van der Waals surface area contributed by atoms with E-state index < -0.39 is 0 Å². The van der Waals surface area contributed by atoms with Gasteiger partial charge in [-0.1, -0.05) is 19.1 Å². The Hall–Kier alpha value is -1.47. The number of hydrogen-bond acceptors (Lipinski definition) is 5. The highest BCUT2D eigenvalue weighted by molar-refractivity contribution is 5.79. The number of ether oxygens (including phenoxy) is 1. The molecule has 0 aliphatic rings. The van der Waals surface area contributed by atoms with Crippen molar-refractivity contribution >= 4 is 5.91 Å². The van der Waals surface area contributed by atoms with Crippen LogP contribution in [0.1, 0.15) is 38.9 Å². The monoisotopic (exact) mass is 283 g/mol. The van der Waals surface area contributed by atoms with Gasteiger partial charge in [-0.05, 0) is 13.3 Å². The fraction of sp³-hybridized carbons (Fsp3) is 0.769.